The van der Waals surface area contributed by atoms with Crippen molar-refractivity contribution in [1.82, 2.24) is 0 Å². The highest BCUT2D eigenvalue weighted by Crippen LogP contribution is 2.30. The molecule has 20 heavy (non-hydrogen) atoms. The van der Waals surface area contributed by atoms with E-state index in [1.807, 2.05) is 18.2 Å². The van der Waals surface area contributed by atoms with E-state index in [0.29, 0.717) is 18.1 Å². The topological polar surface area (TPSA) is 55.8 Å². The number of hydrogen-bond donors (Lipinski definition) is 1. The van der Waals surface area contributed by atoms with E-state index in [1.165, 1.54) is 0 Å². The fourth-order valence-corrected chi connectivity index (χ4v) is 2.01. The third kappa shape index (κ3) is 3.51. The highest BCUT2D eigenvalue weighted by Gasteiger charge is 2.06. The zero-order valence-electron chi connectivity index (χ0n) is 10.8. The molecular weight excluding hydrogens is 324 g/mol. The molecule has 1 N–H and O–H groups in total. The molecule has 0 spiro atoms. The normalized spacial score (nSPS) is 10.1. The first-order chi connectivity index (χ1) is 9.60. The van der Waals surface area contributed by atoms with E-state index in [9.17, 15) is 4.79 Å². The summed E-state index contributed by atoms with van der Waals surface area (Å²) in [7, 11) is 1.58. The van der Waals surface area contributed by atoms with E-state index in [-0.39, 0.29) is 5.56 Å². The van der Waals surface area contributed by atoms with E-state index in [4.69, 9.17) is 14.6 Å². The van der Waals surface area contributed by atoms with Crippen molar-refractivity contribution in [2.75, 3.05) is 7.11 Å². The standard InChI is InChI=1S/C15H13BrO4/c1-19-14-8-12(16)6-7-13(14)20-9-10-2-4-11(5-3-10)15(17)18/h2-8H,9H2,1H3,(H,17,18). The van der Waals surface area contributed by atoms with Gasteiger partial charge in [0.15, 0.2) is 11.5 Å². The molecule has 0 fully saturated rings. The van der Waals surface area contributed by atoms with Gasteiger partial charge in [0.05, 0.1) is 12.7 Å². The van der Waals surface area contributed by atoms with E-state index < -0.39 is 5.97 Å². The van der Waals surface area contributed by atoms with Crippen molar-refractivity contribution in [2.24, 2.45) is 0 Å². The Kier molecular flexibility index (Phi) is 4.63. The minimum absolute atomic E-state index is 0.259. The largest absolute Gasteiger partial charge is 0.493 e. The minimum Gasteiger partial charge on any atom is -0.493 e. The molecule has 104 valence electrons. The van der Waals surface area contributed by atoms with Gasteiger partial charge in [-0.05, 0) is 35.9 Å². The zero-order chi connectivity index (χ0) is 14.5. The van der Waals surface area contributed by atoms with Crippen molar-refractivity contribution in [3.8, 4) is 11.5 Å². The van der Waals surface area contributed by atoms with Gasteiger partial charge < -0.3 is 14.6 Å². The molecule has 0 saturated heterocycles. The molecular formula is C15H13BrO4. The summed E-state index contributed by atoms with van der Waals surface area (Å²) >= 11 is 3.36. The van der Waals surface area contributed by atoms with Crippen LogP contribution in [-0.2, 0) is 6.61 Å². The van der Waals surface area contributed by atoms with Gasteiger partial charge in [-0.25, -0.2) is 4.79 Å². The zero-order valence-corrected chi connectivity index (χ0v) is 12.4. The lowest BCUT2D eigenvalue weighted by Crippen LogP contribution is -2.00. The second-order valence-corrected chi connectivity index (χ2v) is 5.00. The van der Waals surface area contributed by atoms with Crippen LogP contribution in [0.1, 0.15) is 15.9 Å². The number of ether oxygens (including phenoxy) is 2. The van der Waals surface area contributed by atoms with Crippen LogP contribution < -0.4 is 9.47 Å². The average molecular weight is 337 g/mol. The van der Waals surface area contributed by atoms with Crippen molar-refractivity contribution in [2.45, 2.75) is 6.61 Å². The molecule has 0 saturated carbocycles. The highest BCUT2D eigenvalue weighted by molar-refractivity contribution is 9.10. The number of methoxy groups -OCH3 is 1. The lowest BCUT2D eigenvalue weighted by Gasteiger charge is -2.11. The van der Waals surface area contributed by atoms with Crippen LogP contribution in [0.3, 0.4) is 0 Å². The van der Waals surface area contributed by atoms with Gasteiger partial charge in [0, 0.05) is 4.47 Å². The lowest BCUT2D eigenvalue weighted by atomic mass is 10.1. The predicted molar refractivity (Wildman–Crippen MR) is 78.4 cm³/mol. The first-order valence-electron chi connectivity index (χ1n) is 5.88. The second-order valence-electron chi connectivity index (χ2n) is 4.09. The number of aromatic carboxylic acids is 1. The second kappa shape index (κ2) is 6.43. The Morgan fingerprint density at radius 1 is 1.15 bits per heavy atom. The summed E-state index contributed by atoms with van der Waals surface area (Å²) in [6.07, 6.45) is 0. The summed E-state index contributed by atoms with van der Waals surface area (Å²) < 4.78 is 11.8. The van der Waals surface area contributed by atoms with E-state index in [2.05, 4.69) is 15.9 Å². The Labute approximate surface area is 125 Å². The van der Waals surface area contributed by atoms with Crippen LogP contribution in [0.5, 0.6) is 11.5 Å². The van der Waals surface area contributed by atoms with Gasteiger partial charge >= 0.3 is 5.97 Å². The highest BCUT2D eigenvalue weighted by atomic mass is 79.9. The quantitative estimate of drug-likeness (QED) is 0.903. The molecule has 2 rings (SSSR count). The molecule has 0 aliphatic rings. The SMILES string of the molecule is COc1cc(Br)ccc1OCc1ccc(C(=O)O)cc1. The molecule has 0 aliphatic heterocycles. The maximum absolute atomic E-state index is 10.8. The maximum Gasteiger partial charge on any atom is 0.335 e. The summed E-state index contributed by atoms with van der Waals surface area (Å²) in [6, 6.07) is 12.1. The monoisotopic (exact) mass is 336 g/mol. The smallest absolute Gasteiger partial charge is 0.335 e. The summed E-state index contributed by atoms with van der Waals surface area (Å²) in [6.45, 7) is 0.345. The van der Waals surface area contributed by atoms with Gasteiger partial charge in [-0.2, -0.15) is 0 Å². The molecule has 0 amide bonds. The van der Waals surface area contributed by atoms with Crippen molar-refractivity contribution in [3.63, 3.8) is 0 Å². The third-order valence-electron chi connectivity index (χ3n) is 2.72. The Morgan fingerprint density at radius 3 is 2.45 bits per heavy atom. The van der Waals surface area contributed by atoms with Gasteiger partial charge in [-0.3, -0.25) is 0 Å². The number of carbonyl (C=O) groups is 1. The molecule has 0 radical (unpaired) electrons. The van der Waals surface area contributed by atoms with Gasteiger partial charge in [0.2, 0.25) is 0 Å². The Morgan fingerprint density at radius 2 is 1.85 bits per heavy atom. The summed E-state index contributed by atoms with van der Waals surface area (Å²) in [5, 5.41) is 8.83. The van der Waals surface area contributed by atoms with Crippen molar-refractivity contribution in [1.29, 1.82) is 0 Å². The fraction of sp³-hybridized carbons (Fsp3) is 0.133. The first-order valence-corrected chi connectivity index (χ1v) is 6.68. The molecule has 0 bridgehead atoms. The van der Waals surface area contributed by atoms with Crippen LogP contribution in [0, 0.1) is 0 Å². The number of carboxylic acids is 1. The van der Waals surface area contributed by atoms with E-state index >= 15 is 0 Å². The number of halogens is 1. The summed E-state index contributed by atoms with van der Waals surface area (Å²) in [5.41, 5.74) is 1.15. The fourth-order valence-electron chi connectivity index (χ4n) is 1.67. The molecule has 2 aromatic carbocycles. The van der Waals surface area contributed by atoms with Crippen LogP contribution in [-0.4, -0.2) is 18.2 Å². The number of carboxylic acid groups (broad SMARTS) is 1. The van der Waals surface area contributed by atoms with Crippen molar-refractivity contribution < 1.29 is 19.4 Å². The molecule has 2 aromatic rings. The predicted octanol–water partition coefficient (Wildman–Crippen LogP) is 3.73. The van der Waals surface area contributed by atoms with Gasteiger partial charge in [-0.15, -0.1) is 0 Å². The molecule has 0 atom stereocenters. The number of rotatable bonds is 5. The summed E-state index contributed by atoms with van der Waals surface area (Å²) in [4.78, 5) is 10.8. The Bertz CT molecular complexity index is 608. The molecule has 0 unspecified atom stereocenters. The van der Waals surface area contributed by atoms with Crippen LogP contribution in [0.2, 0.25) is 0 Å². The Hall–Kier alpha value is -2.01. The molecule has 4 nitrogen and oxygen atoms in total. The first kappa shape index (κ1) is 14.4. The van der Waals surface area contributed by atoms with Crippen LogP contribution in [0.4, 0.5) is 0 Å². The lowest BCUT2D eigenvalue weighted by molar-refractivity contribution is 0.0697. The minimum atomic E-state index is -0.938. The van der Waals surface area contributed by atoms with Crippen LogP contribution >= 0.6 is 15.9 Å². The Balaban J connectivity index is 2.06. The van der Waals surface area contributed by atoms with Crippen LogP contribution in [0.25, 0.3) is 0 Å². The maximum atomic E-state index is 10.8. The number of hydrogen-bond acceptors (Lipinski definition) is 3. The van der Waals surface area contributed by atoms with E-state index in [0.717, 1.165) is 10.0 Å². The van der Waals surface area contributed by atoms with Crippen molar-refractivity contribution >= 4 is 21.9 Å². The molecule has 5 heteroatoms. The third-order valence-corrected chi connectivity index (χ3v) is 3.21. The molecule has 0 heterocycles. The molecule has 0 aliphatic carbocycles. The van der Waals surface area contributed by atoms with Crippen LogP contribution in [0.15, 0.2) is 46.9 Å². The van der Waals surface area contributed by atoms with Gasteiger partial charge in [0.1, 0.15) is 6.61 Å². The van der Waals surface area contributed by atoms with Crippen molar-refractivity contribution in [3.05, 3.63) is 58.1 Å². The van der Waals surface area contributed by atoms with Gasteiger partial charge in [0.25, 0.3) is 0 Å². The average Bonchev–Trinajstić information content (AvgIpc) is 2.46. The number of benzene rings is 2. The summed E-state index contributed by atoms with van der Waals surface area (Å²) in [5.74, 6) is 0.339. The van der Waals surface area contributed by atoms with Gasteiger partial charge in [-0.1, -0.05) is 28.1 Å². The van der Waals surface area contributed by atoms with E-state index in [1.54, 1.807) is 31.4 Å². The molecule has 0 aromatic heterocycles.